The van der Waals surface area contributed by atoms with E-state index in [1.807, 2.05) is 32.9 Å². The Morgan fingerprint density at radius 1 is 1.19 bits per heavy atom. The molecule has 1 aliphatic heterocycles. The second kappa shape index (κ2) is 8.03. The zero-order valence-corrected chi connectivity index (χ0v) is 19.4. The Kier molecular flexibility index (Phi) is 5.97. The Labute approximate surface area is 185 Å². The molecule has 8 heteroatoms. The quantitative estimate of drug-likeness (QED) is 0.558. The fourth-order valence-electron chi connectivity index (χ4n) is 5.39. The van der Waals surface area contributed by atoms with Crippen molar-refractivity contribution < 1.29 is 26.9 Å². The van der Waals surface area contributed by atoms with Crippen molar-refractivity contribution in [1.82, 2.24) is 4.31 Å². The van der Waals surface area contributed by atoms with E-state index in [0.29, 0.717) is 5.75 Å². The summed E-state index contributed by atoms with van der Waals surface area (Å²) in [4.78, 5) is 0. The molecule has 4 nitrogen and oxygen atoms in total. The summed E-state index contributed by atoms with van der Waals surface area (Å²) in [6.07, 6.45) is 0.0643. The summed E-state index contributed by atoms with van der Waals surface area (Å²) in [5.41, 5.74) is 2.34. The van der Waals surface area contributed by atoms with E-state index >= 15 is 0 Å². The molecule has 4 rings (SSSR count). The lowest BCUT2D eigenvalue weighted by molar-refractivity contribution is -0.139. The van der Waals surface area contributed by atoms with Crippen LogP contribution >= 0.6 is 0 Å². The monoisotopic (exact) mass is 459 g/mol. The Morgan fingerprint density at radius 2 is 1.87 bits per heavy atom. The maximum absolute atomic E-state index is 13.4. The number of alkyl halides is 3. The van der Waals surface area contributed by atoms with Gasteiger partial charge < -0.3 is 9.47 Å². The van der Waals surface area contributed by atoms with Crippen LogP contribution in [0.15, 0.2) is 18.2 Å². The topological polar surface area (TPSA) is 38.5 Å². The average molecular weight is 460 g/mol. The van der Waals surface area contributed by atoms with Gasteiger partial charge in [0.2, 0.25) is 0 Å². The molecule has 2 fully saturated rings. The van der Waals surface area contributed by atoms with Gasteiger partial charge in [-0.25, -0.2) is 8.51 Å². The van der Waals surface area contributed by atoms with Crippen LogP contribution < -0.4 is 4.74 Å². The number of ether oxygens (including phenoxy) is 2. The molecule has 31 heavy (non-hydrogen) atoms. The Morgan fingerprint density at radius 3 is 2.45 bits per heavy atom. The molecule has 2 aliphatic carbocycles. The van der Waals surface area contributed by atoms with Gasteiger partial charge in [-0.1, -0.05) is 6.07 Å². The summed E-state index contributed by atoms with van der Waals surface area (Å²) in [6.45, 7) is 5.56. The maximum atomic E-state index is 13.4. The molecule has 174 valence electrons. The number of rotatable bonds is 5. The lowest BCUT2D eigenvalue weighted by atomic mass is 9.63. The molecule has 3 aliphatic rings. The van der Waals surface area contributed by atoms with E-state index in [4.69, 9.17) is 9.47 Å². The smallest absolute Gasteiger partial charge is 0.392 e. The van der Waals surface area contributed by atoms with E-state index < -0.39 is 30.2 Å². The number of hydrogen-bond donors (Lipinski definition) is 0. The van der Waals surface area contributed by atoms with E-state index in [1.165, 1.54) is 5.56 Å². The van der Waals surface area contributed by atoms with Crippen molar-refractivity contribution in [3.8, 4) is 5.75 Å². The number of halogens is 3. The highest BCUT2D eigenvalue weighted by molar-refractivity contribution is 7.84. The molecular formula is C23H32F3NO3S. The molecule has 1 heterocycles. The average Bonchev–Trinajstić information content (AvgIpc) is 3.44. The van der Waals surface area contributed by atoms with Crippen LogP contribution in [0.2, 0.25) is 0 Å². The molecule has 0 amide bonds. The van der Waals surface area contributed by atoms with Crippen LogP contribution in [0.3, 0.4) is 0 Å². The second-order valence-electron chi connectivity index (χ2n) is 10.2. The summed E-state index contributed by atoms with van der Waals surface area (Å²) < 4.78 is 63.6. The molecule has 1 aromatic carbocycles. The molecule has 0 radical (unpaired) electrons. The highest BCUT2D eigenvalue weighted by atomic mass is 32.2. The minimum absolute atomic E-state index is 0.0362. The van der Waals surface area contributed by atoms with Gasteiger partial charge in [0.25, 0.3) is 0 Å². The summed E-state index contributed by atoms with van der Waals surface area (Å²) in [7, 11) is 0.609. The maximum Gasteiger partial charge on any atom is 0.392 e. The van der Waals surface area contributed by atoms with Crippen LogP contribution in [-0.4, -0.2) is 45.3 Å². The molecule has 0 aromatic heterocycles. The van der Waals surface area contributed by atoms with Gasteiger partial charge in [-0.15, -0.1) is 0 Å². The summed E-state index contributed by atoms with van der Waals surface area (Å²) in [5.74, 6) is 0.453. The Hall–Kier alpha value is -1.12. The van der Waals surface area contributed by atoms with E-state index in [9.17, 15) is 17.4 Å². The van der Waals surface area contributed by atoms with Crippen molar-refractivity contribution in [3.63, 3.8) is 0 Å². The lowest BCUT2D eigenvalue weighted by Gasteiger charge is -2.42. The van der Waals surface area contributed by atoms with Gasteiger partial charge in [-0.05, 0) is 81.5 Å². The van der Waals surface area contributed by atoms with Crippen molar-refractivity contribution in [2.75, 3.05) is 13.7 Å². The van der Waals surface area contributed by atoms with Gasteiger partial charge in [-0.3, -0.25) is 0 Å². The van der Waals surface area contributed by atoms with Crippen molar-refractivity contribution in [1.29, 1.82) is 0 Å². The summed E-state index contributed by atoms with van der Waals surface area (Å²) >= 11 is 0. The molecule has 1 saturated heterocycles. The number of benzene rings is 1. The zero-order chi connectivity index (χ0) is 22.6. The first-order valence-electron chi connectivity index (χ1n) is 11.0. The largest absolute Gasteiger partial charge is 0.493 e. The minimum atomic E-state index is -4.23. The number of fused-ring (bicyclic) bond motifs is 4. The van der Waals surface area contributed by atoms with E-state index in [1.54, 1.807) is 13.2 Å². The van der Waals surface area contributed by atoms with Crippen molar-refractivity contribution >= 4 is 11.0 Å². The first kappa shape index (κ1) is 23.1. The fraction of sp³-hybridized carbons (Fsp3) is 0.739. The van der Waals surface area contributed by atoms with Gasteiger partial charge in [0.05, 0.1) is 29.9 Å². The van der Waals surface area contributed by atoms with Crippen LogP contribution in [0.1, 0.15) is 70.0 Å². The molecule has 0 bridgehead atoms. The molecule has 1 saturated carbocycles. The third-order valence-corrected chi connectivity index (χ3v) is 8.88. The lowest BCUT2D eigenvalue weighted by Crippen LogP contribution is -2.41. The molecule has 4 unspecified atom stereocenters. The van der Waals surface area contributed by atoms with Gasteiger partial charge in [0, 0.05) is 13.2 Å². The highest BCUT2D eigenvalue weighted by Gasteiger charge is 2.66. The number of nitrogens with zero attached hydrogens (tertiary/aromatic N) is 1. The zero-order valence-electron chi connectivity index (χ0n) is 18.6. The fourth-order valence-corrected chi connectivity index (χ4v) is 6.95. The molecule has 1 aromatic rings. The first-order chi connectivity index (χ1) is 14.5. The van der Waals surface area contributed by atoms with Crippen LogP contribution in [0.5, 0.6) is 5.75 Å². The van der Waals surface area contributed by atoms with Gasteiger partial charge in [-0.2, -0.15) is 13.2 Å². The van der Waals surface area contributed by atoms with Crippen molar-refractivity contribution in [2.24, 2.45) is 5.41 Å². The Balaban J connectivity index is 1.61. The van der Waals surface area contributed by atoms with Gasteiger partial charge >= 0.3 is 6.18 Å². The molecule has 4 atom stereocenters. The normalized spacial score (nSPS) is 33.5. The standard InChI is InChI=1S/C23H32F3NO3S/c1-21(2,3)31(28)27-19-18-13-17(30-12-11-23(24,25)26)6-5-15(18)14-22(20(19)27)9-7-16(29-4)8-10-22/h5-6,13,16,19-20H,7-12,14H2,1-4H3. The predicted molar refractivity (Wildman–Crippen MR) is 114 cm³/mol. The van der Waals surface area contributed by atoms with Crippen molar-refractivity contribution in [3.05, 3.63) is 29.3 Å². The third-order valence-electron chi connectivity index (χ3n) is 6.99. The third kappa shape index (κ3) is 4.53. The van der Waals surface area contributed by atoms with Crippen LogP contribution in [0.25, 0.3) is 0 Å². The summed E-state index contributed by atoms with van der Waals surface area (Å²) in [6, 6.07) is 5.88. The van der Waals surface area contributed by atoms with E-state index in [-0.39, 0.29) is 28.3 Å². The van der Waals surface area contributed by atoms with Gasteiger partial charge in [0.1, 0.15) is 16.7 Å². The SMILES string of the molecule is COC1CCC2(CC1)Cc1ccc(OCCC(F)(F)F)cc1C1C2N1S(=O)C(C)(C)C. The minimum Gasteiger partial charge on any atom is -0.493 e. The van der Waals surface area contributed by atoms with E-state index in [2.05, 4.69) is 4.31 Å². The van der Waals surface area contributed by atoms with Crippen LogP contribution in [0.4, 0.5) is 13.2 Å². The molecular weight excluding hydrogens is 427 g/mol. The second-order valence-corrected chi connectivity index (χ2v) is 12.3. The van der Waals surface area contributed by atoms with E-state index in [0.717, 1.165) is 37.7 Å². The highest BCUT2D eigenvalue weighted by Crippen LogP contribution is 2.64. The molecule has 0 N–H and O–H groups in total. The first-order valence-corrected chi connectivity index (χ1v) is 12.1. The number of hydrogen-bond acceptors (Lipinski definition) is 3. The van der Waals surface area contributed by atoms with Crippen molar-refractivity contribution in [2.45, 2.75) is 88.4 Å². The predicted octanol–water partition coefficient (Wildman–Crippen LogP) is 5.34. The van der Waals surface area contributed by atoms with Gasteiger partial charge in [0.15, 0.2) is 0 Å². The summed E-state index contributed by atoms with van der Waals surface area (Å²) in [5, 5.41) is 0. The molecule has 1 spiro atoms. The van der Waals surface area contributed by atoms with Crippen LogP contribution in [-0.2, 0) is 22.1 Å². The number of methoxy groups -OCH3 is 1. The van der Waals surface area contributed by atoms with Crippen LogP contribution in [0, 0.1) is 5.41 Å². The Bertz CT molecular complexity index is 843.